The fraction of sp³-hybridized carbons (Fsp3) is 0.294. The molecule has 0 bridgehead atoms. The van der Waals surface area contributed by atoms with Crippen molar-refractivity contribution in [3.63, 3.8) is 0 Å². The number of hydrogen-bond acceptors (Lipinski definition) is 5. The Morgan fingerprint density at radius 3 is 2.46 bits per heavy atom. The van der Waals surface area contributed by atoms with Crippen LogP contribution in [0.1, 0.15) is 0 Å². The summed E-state index contributed by atoms with van der Waals surface area (Å²) in [5.41, 5.74) is 5.45. The van der Waals surface area contributed by atoms with Crippen molar-refractivity contribution < 1.29 is 18.0 Å². The van der Waals surface area contributed by atoms with Crippen molar-refractivity contribution in [1.29, 1.82) is 0 Å². The van der Waals surface area contributed by atoms with Crippen molar-refractivity contribution >= 4 is 23.5 Å². The summed E-state index contributed by atoms with van der Waals surface area (Å²) < 4.78 is 39.7. The standard InChI is InChI=1S/C17H18F3N7O/c18-11-2-3-12(15(20)14(11)19)25-13(28)10-24-16(21)26-6-8-27(9-7-26)17-22-4-1-5-23-17/h1-5H,6-10H2,(H2,21,24)(H,25,28). The van der Waals surface area contributed by atoms with E-state index in [9.17, 15) is 18.0 Å². The van der Waals surface area contributed by atoms with Crippen molar-refractivity contribution in [1.82, 2.24) is 14.9 Å². The van der Waals surface area contributed by atoms with E-state index in [-0.39, 0.29) is 12.5 Å². The predicted molar refractivity (Wildman–Crippen MR) is 97.3 cm³/mol. The molecule has 11 heteroatoms. The lowest BCUT2D eigenvalue weighted by Crippen LogP contribution is -2.51. The molecular weight excluding hydrogens is 375 g/mol. The van der Waals surface area contributed by atoms with Crippen LogP contribution < -0.4 is 16.0 Å². The van der Waals surface area contributed by atoms with Gasteiger partial charge < -0.3 is 20.9 Å². The summed E-state index contributed by atoms with van der Waals surface area (Å²) in [7, 11) is 0. The smallest absolute Gasteiger partial charge is 0.246 e. The summed E-state index contributed by atoms with van der Waals surface area (Å²) in [4.78, 5) is 28.0. The SMILES string of the molecule is NC(=NCC(=O)Nc1ccc(F)c(F)c1F)N1CCN(c2ncccn2)CC1. The van der Waals surface area contributed by atoms with Crippen LogP contribution in [0.25, 0.3) is 0 Å². The first-order valence-electron chi connectivity index (χ1n) is 8.46. The van der Waals surface area contributed by atoms with Crippen molar-refractivity contribution in [2.75, 3.05) is 42.9 Å². The van der Waals surface area contributed by atoms with Gasteiger partial charge in [-0.3, -0.25) is 4.79 Å². The van der Waals surface area contributed by atoms with E-state index < -0.39 is 29.0 Å². The highest BCUT2D eigenvalue weighted by atomic mass is 19.2. The van der Waals surface area contributed by atoms with Gasteiger partial charge in [0, 0.05) is 38.6 Å². The van der Waals surface area contributed by atoms with Gasteiger partial charge in [0.15, 0.2) is 23.4 Å². The van der Waals surface area contributed by atoms with E-state index in [1.807, 2.05) is 4.90 Å². The van der Waals surface area contributed by atoms with Crippen molar-refractivity contribution in [3.05, 3.63) is 48.0 Å². The van der Waals surface area contributed by atoms with Crippen LogP contribution >= 0.6 is 0 Å². The lowest BCUT2D eigenvalue weighted by atomic mass is 10.2. The molecule has 0 saturated carbocycles. The molecular formula is C17H18F3N7O. The Hall–Kier alpha value is -3.37. The lowest BCUT2D eigenvalue weighted by Gasteiger charge is -2.35. The summed E-state index contributed by atoms with van der Waals surface area (Å²) in [6, 6.07) is 3.40. The molecule has 1 fully saturated rings. The average molecular weight is 393 g/mol. The van der Waals surface area contributed by atoms with Gasteiger partial charge in [-0.25, -0.2) is 28.1 Å². The van der Waals surface area contributed by atoms with E-state index in [2.05, 4.69) is 20.3 Å². The van der Waals surface area contributed by atoms with E-state index in [0.717, 1.165) is 12.1 Å². The van der Waals surface area contributed by atoms with Gasteiger partial charge >= 0.3 is 0 Å². The number of aromatic nitrogens is 2. The molecule has 3 N–H and O–H groups in total. The molecule has 8 nitrogen and oxygen atoms in total. The molecule has 2 heterocycles. The number of piperazine rings is 1. The number of carbonyl (C=O) groups excluding carboxylic acids is 1. The normalized spacial score (nSPS) is 14.9. The number of carbonyl (C=O) groups is 1. The quantitative estimate of drug-likeness (QED) is 0.456. The fourth-order valence-corrected chi connectivity index (χ4v) is 2.66. The Morgan fingerprint density at radius 1 is 1.11 bits per heavy atom. The number of rotatable bonds is 4. The largest absolute Gasteiger partial charge is 0.370 e. The van der Waals surface area contributed by atoms with Crippen LogP contribution in [0.5, 0.6) is 0 Å². The third-order valence-corrected chi connectivity index (χ3v) is 4.13. The van der Waals surface area contributed by atoms with Crippen molar-refractivity contribution in [3.8, 4) is 0 Å². The molecule has 2 aromatic rings. The maximum Gasteiger partial charge on any atom is 0.246 e. The van der Waals surface area contributed by atoms with Gasteiger partial charge in [0.1, 0.15) is 6.54 Å². The zero-order valence-electron chi connectivity index (χ0n) is 14.8. The van der Waals surface area contributed by atoms with Crippen molar-refractivity contribution in [2.24, 2.45) is 10.7 Å². The second kappa shape index (κ2) is 8.55. The van der Waals surface area contributed by atoms with Crippen molar-refractivity contribution in [2.45, 2.75) is 0 Å². The van der Waals surface area contributed by atoms with Crippen LogP contribution in [0.4, 0.5) is 24.8 Å². The molecule has 1 amide bonds. The van der Waals surface area contributed by atoms with Gasteiger partial charge in [0.25, 0.3) is 0 Å². The minimum Gasteiger partial charge on any atom is -0.370 e. The summed E-state index contributed by atoms with van der Waals surface area (Å²) >= 11 is 0. The third kappa shape index (κ3) is 4.48. The Labute approximate surface area is 158 Å². The number of nitrogens with zero attached hydrogens (tertiary/aromatic N) is 5. The second-order valence-corrected chi connectivity index (χ2v) is 5.97. The zero-order chi connectivity index (χ0) is 20.1. The van der Waals surface area contributed by atoms with Gasteiger partial charge in [-0.1, -0.05) is 0 Å². The highest BCUT2D eigenvalue weighted by molar-refractivity contribution is 5.94. The first-order valence-corrected chi connectivity index (χ1v) is 8.46. The van der Waals surface area contributed by atoms with E-state index in [4.69, 9.17) is 5.73 Å². The molecule has 0 unspecified atom stereocenters. The van der Waals surface area contributed by atoms with Crippen LogP contribution in [-0.4, -0.2) is 59.5 Å². The van der Waals surface area contributed by atoms with Gasteiger partial charge in [-0.15, -0.1) is 0 Å². The Morgan fingerprint density at radius 2 is 1.79 bits per heavy atom. The van der Waals surface area contributed by atoms with E-state index in [0.29, 0.717) is 32.1 Å². The second-order valence-electron chi connectivity index (χ2n) is 5.97. The van der Waals surface area contributed by atoms with Crippen LogP contribution in [0.2, 0.25) is 0 Å². The lowest BCUT2D eigenvalue weighted by molar-refractivity contribution is -0.114. The third-order valence-electron chi connectivity index (χ3n) is 4.13. The first kappa shape index (κ1) is 19.4. The van der Waals surface area contributed by atoms with E-state index >= 15 is 0 Å². The number of aliphatic imine (C=N–C) groups is 1. The van der Waals surface area contributed by atoms with Gasteiger partial charge in [-0.05, 0) is 18.2 Å². The summed E-state index contributed by atoms with van der Waals surface area (Å²) in [6.45, 7) is 2.01. The zero-order valence-corrected chi connectivity index (χ0v) is 14.8. The Balaban J connectivity index is 1.52. The molecule has 3 rings (SSSR count). The number of hydrogen-bond donors (Lipinski definition) is 2. The molecule has 148 valence electrons. The number of guanidine groups is 1. The monoisotopic (exact) mass is 393 g/mol. The molecule has 0 atom stereocenters. The Kier molecular flexibility index (Phi) is 5.92. The minimum absolute atomic E-state index is 0.162. The topological polar surface area (TPSA) is 99.7 Å². The summed E-state index contributed by atoms with van der Waals surface area (Å²) in [5, 5.41) is 2.14. The molecule has 0 radical (unpaired) electrons. The molecule has 1 aromatic carbocycles. The summed E-state index contributed by atoms with van der Waals surface area (Å²) in [6.07, 6.45) is 3.33. The molecule has 1 aliphatic heterocycles. The molecule has 28 heavy (non-hydrogen) atoms. The number of anilines is 2. The first-order chi connectivity index (χ1) is 13.5. The number of halogens is 3. The number of amides is 1. The van der Waals surface area contributed by atoms with Crippen LogP contribution in [0, 0.1) is 17.5 Å². The summed E-state index contributed by atoms with van der Waals surface area (Å²) in [5.74, 6) is -4.37. The van der Waals surface area contributed by atoms with Gasteiger partial charge in [-0.2, -0.15) is 0 Å². The predicted octanol–water partition coefficient (Wildman–Crippen LogP) is 0.969. The molecule has 1 aromatic heterocycles. The number of benzene rings is 1. The van der Waals surface area contributed by atoms with Gasteiger partial charge in [0.2, 0.25) is 11.9 Å². The molecule has 1 aliphatic rings. The molecule has 0 spiro atoms. The fourth-order valence-electron chi connectivity index (χ4n) is 2.66. The molecule has 0 aliphatic carbocycles. The number of nitrogens with one attached hydrogen (secondary N) is 1. The van der Waals surface area contributed by atoms with E-state index in [1.54, 1.807) is 23.4 Å². The van der Waals surface area contributed by atoms with Crippen LogP contribution in [0.15, 0.2) is 35.6 Å². The average Bonchev–Trinajstić information content (AvgIpc) is 2.73. The molecule has 1 saturated heterocycles. The van der Waals surface area contributed by atoms with E-state index in [1.165, 1.54) is 0 Å². The van der Waals surface area contributed by atoms with Gasteiger partial charge in [0.05, 0.1) is 5.69 Å². The minimum atomic E-state index is -1.65. The maximum absolute atomic E-state index is 13.6. The highest BCUT2D eigenvalue weighted by Gasteiger charge is 2.20. The number of nitrogens with two attached hydrogens (primary N) is 1. The maximum atomic E-state index is 13.6. The highest BCUT2D eigenvalue weighted by Crippen LogP contribution is 2.19. The Bertz CT molecular complexity index is 871. The van der Waals surface area contributed by atoms with Crippen LogP contribution in [-0.2, 0) is 4.79 Å². The van der Waals surface area contributed by atoms with Crippen LogP contribution in [0.3, 0.4) is 0 Å².